The van der Waals surface area contributed by atoms with Crippen LogP contribution >= 0.6 is 0 Å². The first-order valence-electron chi connectivity index (χ1n) is 6.22. The Labute approximate surface area is 94.1 Å². The van der Waals surface area contributed by atoms with Crippen LogP contribution in [-0.4, -0.2) is 11.1 Å². The van der Waals surface area contributed by atoms with Gasteiger partial charge in [0.25, 0.3) is 0 Å². The van der Waals surface area contributed by atoms with Gasteiger partial charge in [0.1, 0.15) is 0 Å². The zero-order chi connectivity index (χ0) is 12.0. The summed E-state index contributed by atoms with van der Waals surface area (Å²) in [7, 11) is 0. The van der Waals surface area contributed by atoms with Crippen LogP contribution in [0.15, 0.2) is 0 Å². The third kappa shape index (κ3) is 3.84. The summed E-state index contributed by atoms with van der Waals surface area (Å²) in [5.41, 5.74) is 0. The summed E-state index contributed by atoms with van der Waals surface area (Å²) in [4.78, 5) is 11.3. The number of aliphatic carboxylic acids is 1. The van der Waals surface area contributed by atoms with E-state index in [1.165, 1.54) is 0 Å². The minimum atomic E-state index is -0.614. The van der Waals surface area contributed by atoms with Gasteiger partial charge in [-0.2, -0.15) is 0 Å². The molecule has 2 heteroatoms. The molecule has 0 aromatic rings. The summed E-state index contributed by atoms with van der Waals surface area (Å²) in [5, 5.41) is 9.32. The summed E-state index contributed by atoms with van der Waals surface area (Å²) in [6, 6.07) is 0. The van der Waals surface area contributed by atoms with Crippen molar-refractivity contribution in [3.63, 3.8) is 0 Å². The van der Waals surface area contributed by atoms with Gasteiger partial charge in [0.2, 0.25) is 0 Å². The molecule has 0 aromatic heterocycles. The van der Waals surface area contributed by atoms with Crippen LogP contribution in [0.4, 0.5) is 0 Å². The van der Waals surface area contributed by atoms with E-state index < -0.39 is 5.97 Å². The van der Waals surface area contributed by atoms with E-state index in [-0.39, 0.29) is 11.8 Å². The molecule has 0 aliphatic heterocycles. The molecule has 0 aromatic carbocycles. The average Bonchev–Trinajstić information content (AvgIpc) is 2.22. The highest BCUT2D eigenvalue weighted by Gasteiger charge is 2.33. The predicted molar refractivity (Wildman–Crippen MR) is 63.8 cm³/mol. The molecule has 0 spiro atoms. The average molecular weight is 214 g/mol. The van der Waals surface area contributed by atoms with Gasteiger partial charge in [-0.1, -0.05) is 53.9 Å². The van der Waals surface area contributed by atoms with Crippen LogP contribution in [0.5, 0.6) is 0 Å². The number of carbonyl (C=O) groups is 1. The monoisotopic (exact) mass is 214 g/mol. The second-order valence-corrected chi connectivity index (χ2v) is 4.71. The van der Waals surface area contributed by atoms with Crippen LogP contribution in [0, 0.1) is 23.7 Å². The van der Waals surface area contributed by atoms with Gasteiger partial charge in [-0.05, 0) is 17.8 Å². The van der Waals surface area contributed by atoms with Gasteiger partial charge < -0.3 is 5.11 Å². The molecule has 0 radical (unpaired) electrons. The molecule has 1 N–H and O–H groups in total. The lowest BCUT2D eigenvalue weighted by Gasteiger charge is -2.31. The SMILES string of the molecule is CCC(C)C(CC)C(C(=O)O)C(C)CC. The van der Waals surface area contributed by atoms with Crippen LogP contribution in [0.25, 0.3) is 0 Å². The topological polar surface area (TPSA) is 37.3 Å². The number of hydrogen-bond acceptors (Lipinski definition) is 1. The number of carboxylic acids is 1. The molecule has 0 rings (SSSR count). The largest absolute Gasteiger partial charge is 0.481 e. The highest BCUT2D eigenvalue weighted by molar-refractivity contribution is 5.70. The molecule has 0 aliphatic rings. The zero-order valence-corrected chi connectivity index (χ0v) is 10.8. The molecule has 4 atom stereocenters. The maximum atomic E-state index is 11.3. The second-order valence-electron chi connectivity index (χ2n) is 4.71. The third-order valence-corrected chi connectivity index (χ3v) is 3.85. The van der Waals surface area contributed by atoms with Gasteiger partial charge >= 0.3 is 5.97 Å². The Morgan fingerprint density at radius 1 is 1.00 bits per heavy atom. The fourth-order valence-electron chi connectivity index (χ4n) is 2.42. The first-order valence-corrected chi connectivity index (χ1v) is 6.22. The number of rotatable bonds is 7. The minimum absolute atomic E-state index is 0.171. The molecule has 0 heterocycles. The van der Waals surface area contributed by atoms with E-state index in [2.05, 4.69) is 34.6 Å². The molecule has 0 bridgehead atoms. The van der Waals surface area contributed by atoms with Crippen molar-refractivity contribution in [3.8, 4) is 0 Å². The van der Waals surface area contributed by atoms with Gasteiger partial charge in [0.05, 0.1) is 5.92 Å². The molecule has 15 heavy (non-hydrogen) atoms. The van der Waals surface area contributed by atoms with Crippen molar-refractivity contribution in [3.05, 3.63) is 0 Å². The molecular formula is C13H26O2. The quantitative estimate of drug-likeness (QED) is 0.699. The molecule has 90 valence electrons. The van der Waals surface area contributed by atoms with Gasteiger partial charge in [-0.15, -0.1) is 0 Å². The molecule has 2 nitrogen and oxygen atoms in total. The normalized spacial score (nSPS) is 19.3. The van der Waals surface area contributed by atoms with E-state index >= 15 is 0 Å². The third-order valence-electron chi connectivity index (χ3n) is 3.85. The summed E-state index contributed by atoms with van der Waals surface area (Å²) in [5.74, 6) is 0.320. The molecule has 0 aliphatic carbocycles. The Bertz CT molecular complexity index is 189. The lowest BCUT2D eigenvalue weighted by atomic mass is 9.73. The Hall–Kier alpha value is -0.530. The van der Waals surface area contributed by atoms with E-state index in [0.717, 1.165) is 19.3 Å². The van der Waals surface area contributed by atoms with Crippen molar-refractivity contribution in [2.45, 2.75) is 53.9 Å². The van der Waals surface area contributed by atoms with E-state index in [0.29, 0.717) is 11.8 Å². The van der Waals surface area contributed by atoms with Crippen molar-refractivity contribution in [1.82, 2.24) is 0 Å². The molecule has 0 amide bonds. The number of hydrogen-bond donors (Lipinski definition) is 1. The zero-order valence-electron chi connectivity index (χ0n) is 10.8. The smallest absolute Gasteiger partial charge is 0.307 e. The van der Waals surface area contributed by atoms with E-state index in [1.807, 2.05) is 0 Å². The fourth-order valence-corrected chi connectivity index (χ4v) is 2.42. The Kier molecular flexibility index (Phi) is 6.62. The van der Waals surface area contributed by atoms with Gasteiger partial charge in [-0.3, -0.25) is 4.79 Å². The van der Waals surface area contributed by atoms with E-state index in [9.17, 15) is 9.90 Å². The Balaban J connectivity index is 4.77. The molecule has 4 unspecified atom stereocenters. The summed E-state index contributed by atoms with van der Waals surface area (Å²) in [6.45, 7) is 10.6. The summed E-state index contributed by atoms with van der Waals surface area (Å²) in [6.07, 6.45) is 2.99. The lowest BCUT2D eigenvalue weighted by molar-refractivity contribution is -0.147. The van der Waals surface area contributed by atoms with Gasteiger partial charge in [0.15, 0.2) is 0 Å². The predicted octanol–water partition coefficient (Wildman–Crippen LogP) is 3.81. The van der Waals surface area contributed by atoms with Crippen molar-refractivity contribution >= 4 is 5.97 Å². The van der Waals surface area contributed by atoms with Crippen molar-refractivity contribution in [2.24, 2.45) is 23.7 Å². The van der Waals surface area contributed by atoms with Crippen LogP contribution < -0.4 is 0 Å². The Morgan fingerprint density at radius 2 is 1.47 bits per heavy atom. The molecular weight excluding hydrogens is 188 g/mol. The second kappa shape index (κ2) is 6.86. The molecule has 0 saturated heterocycles. The number of carboxylic acid groups (broad SMARTS) is 1. The van der Waals surface area contributed by atoms with Crippen LogP contribution in [0.1, 0.15) is 53.9 Å². The summed E-state index contributed by atoms with van der Waals surface area (Å²) >= 11 is 0. The van der Waals surface area contributed by atoms with Crippen LogP contribution in [-0.2, 0) is 4.79 Å². The highest BCUT2D eigenvalue weighted by atomic mass is 16.4. The molecule has 0 saturated carbocycles. The van der Waals surface area contributed by atoms with Crippen LogP contribution in [0.3, 0.4) is 0 Å². The first-order chi connectivity index (χ1) is 6.99. The van der Waals surface area contributed by atoms with Gasteiger partial charge in [0, 0.05) is 0 Å². The maximum Gasteiger partial charge on any atom is 0.307 e. The van der Waals surface area contributed by atoms with E-state index in [1.54, 1.807) is 0 Å². The standard InChI is InChI=1S/C13H26O2/c1-6-9(4)11(8-3)12(13(14)15)10(5)7-2/h9-12H,6-8H2,1-5H3,(H,14,15). The minimum Gasteiger partial charge on any atom is -0.481 e. The van der Waals surface area contributed by atoms with E-state index in [4.69, 9.17) is 0 Å². The fraction of sp³-hybridized carbons (Fsp3) is 0.923. The Morgan fingerprint density at radius 3 is 1.73 bits per heavy atom. The van der Waals surface area contributed by atoms with Gasteiger partial charge in [-0.25, -0.2) is 0 Å². The highest BCUT2D eigenvalue weighted by Crippen LogP contribution is 2.33. The summed E-state index contributed by atoms with van der Waals surface area (Å²) < 4.78 is 0. The first kappa shape index (κ1) is 14.5. The van der Waals surface area contributed by atoms with Crippen molar-refractivity contribution in [2.75, 3.05) is 0 Å². The molecule has 0 fully saturated rings. The van der Waals surface area contributed by atoms with Crippen molar-refractivity contribution < 1.29 is 9.90 Å². The van der Waals surface area contributed by atoms with Crippen molar-refractivity contribution in [1.29, 1.82) is 0 Å². The van der Waals surface area contributed by atoms with Crippen LogP contribution in [0.2, 0.25) is 0 Å². The lowest BCUT2D eigenvalue weighted by Crippen LogP contribution is -2.32. The maximum absolute atomic E-state index is 11.3.